The predicted octanol–water partition coefficient (Wildman–Crippen LogP) is 7.78. The van der Waals surface area contributed by atoms with E-state index in [-0.39, 0.29) is 11.3 Å². The van der Waals surface area contributed by atoms with Gasteiger partial charge >= 0.3 is 0 Å². The van der Waals surface area contributed by atoms with Gasteiger partial charge in [0, 0.05) is 6.42 Å². The highest BCUT2D eigenvalue weighted by Gasteiger charge is 2.54. The average Bonchev–Trinajstić information content (AvgIpc) is 3.07. The minimum Gasteiger partial charge on any atom is -0.385 e. The third-order valence-corrected chi connectivity index (χ3v) is 7.36. The molecule has 1 fully saturated rings. The number of fused-ring (bicyclic) bond motifs is 1. The van der Waals surface area contributed by atoms with Crippen molar-refractivity contribution >= 4 is 5.78 Å². The summed E-state index contributed by atoms with van der Waals surface area (Å²) in [5, 5.41) is 11.6. The van der Waals surface area contributed by atoms with Gasteiger partial charge in [0.15, 0.2) is 0 Å². The number of aliphatic hydroxyl groups is 1. The van der Waals surface area contributed by atoms with Gasteiger partial charge in [-0.15, -0.1) is 0 Å². The minimum atomic E-state index is -0.874. The number of ketones is 1. The van der Waals surface area contributed by atoms with Crippen LogP contribution in [0.4, 0.5) is 0 Å². The van der Waals surface area contributed by atoms with Crippen molar-refractivity contribution in [2.45, 2.75) is 136 Å². The molecule has 168 valence electrons. The summed E-state index contributed by atoms with van der Waals surface area (Å²) in [6.07, 6.45) is 20.3. The van der Waals surface area contributed by atoms with E-state index in [9.17, 15) is 9.90 Å². The summed E-state index contributed by atoms with van der Waals surface area (Å²) in [5.41, 5.74) is 0.779. The van der Waals surface area contributed by atoms with Crippen LogP contribution in [0, 0.1) is 17.3 Å². The minimum absolute atomic E-state index is 0.175. The van der Waals surface area contributed by atoms with E-state index in [4.69, 9.17) is 0 Å². The van der Waals surface area contributed by atoms with Crippen molar-refractivity contribution in [3.05, 3.63) is 11.6 Å². The Kier molecular flexibility index (Phi) is 9.92. The van der Waals surface area contributed by atoms with Crippen LogP contribution in [0.25, 0.3) is 0 Å². The second-order valence-corrected chi connectivity index (χ2v) is 10.8. The highest BCUT2D eigenvalue weighted by molar-refractivity contribution is 5.84. The number of allylic oxidation sites excluding steroid dienone is 1. The van der Waals surface area contributed by atoms with E-state index in [2.05, 4.69) is 33.8 Å². The summed E-state index contributed by atoms with van der Waals surface area (Å²) in [4.78, 5) is 13.3. The van der Waals surface area contributed by atoms with E-state index in [0.717, 1.165) is 38.5 Å². The fraction of sp³-hybridized carbons (Fsp3) is 0.889. The quantitative estimate of drug-likeness (QED) is 0.223. The third-order valence-electron chi connectivity index (χ3n) is 7.36. The lowest BCUT2D eigenvalue weighted by Gasteiger charge is -2.33. The first-order valence-electron chi connectivity index (χ1n) is 12.8. The maximum Gasteiger partial charge on any atom is 0.139 e. The number of hydrogen-bond donors (Lipinski definition) is 1. The maximum atomic E-state index is 13.3. The van der Waals surface area contributed by atoms with E-state index in [0.29, 0.717) is 18.1 Å². The van der Waals surface area contributed by atoms with Crippen molar-refractivity contribution < 1.29 is 9.90 Å². The molecule has 0 unspecified atom stereocenters. The molecule has 0 amide bonds. The number of rotatable bonds is 15. The van der Waals surface area contributed by atoms with Gasteiger partial charge in [-0.05, 0) is 37.0 Å². The van der Waals surface area contributed by atoms with Gasteiger partial charge in [0.1, 0.15) is 5.78 Å². The van der Waals surface area contributed by atoms with Crippen LogP contribution in [-0.4, -0.2) is 16.5 Å². The fourth-order valence-corrected chi connectivity index (χ4v) is 5.89. The fourth-order valence-electron chi connectivity index (χ4n) is 5.89. The van der Waals surface area contributed by atoms with Crippen molar-refractivity contribution in [2.24, 2.45) is 17.3 Å². The van der Waals surface area contributed by atoms with E-state index in [1.165, 1.54) is 63.4 Å². The number of carbonyl (C=O) groups is 1. The standard InChI is InChI=1S/C27H48O2/c1-5-7-9-11-13-15-17-24(28)25-23-21-26(3,4)19-22(23)20-27(25,29)18-16-14-12-10-8-6-2/h20,23,25,29H,5-19,21H2,1-4H3/t23-,25-,27-/m0/s1. The molecule has 0 heterocycles. The van der Waals surface area contributed by atoms with E-state index in [1.54, 1.807) is 0 Å². The first kappa shape index (κ1) is 24.6. The molecule has 2 aliphatic carbocycles. The molecule has 1 saturated carbocycles. The Morgan fingerprint density at radius 3 is 2.10 bits per heavy atom. The van der Waals surface area contributed by atoms with Crippen LogP contribution in [0.2, 0.25) is 0 Å². The monoisotopic (exact) mass is 404 g/mol. The van der Waals surface area contributed by atoms with Gasteiger partial charge in [-0.2, -0.15) is 0 Å². The van der Waals surface area contributed by atoms with Gasteiger partial charge in [0.25, 0.3) is 0 Å². The van der Waals surface area contributed by atoms with Gasteiger partial charge < -0.3 is 5.11 Å². The number of unbranched alkanes of at least 4 members (excludes halogenated alkanes) is 10. The van der Waals surface area contributed by atoms with Crippen LogP contribution >= 0.6 is 0 Å². The van der Waals surface area contributed by atoms with Gasteiger partial charge in [-0.25, -0.2) is 0 Å². The molecule has 0 aliphatic heterocycles. The molecule has 1 N–H and O–H groups in total. The van der Waals surface area contributed by atoms with Crippen molar-refractivity contribution in [3.63, 3.8) is 0 Å². The van der Waals surface area contributed by atoms with Crippen LogP contribution in [-0.2, 0) is 4.79 Å². The second kappa shape index (κ2) is 11.7. The summed E-state index contributed by atoms with van der Waals surface area (Å²) >= 11 is 0. The Morgan fingerprint density at radius 1 is 0.931 bits per heavy atom. The largest absolute Gasteiger partial charge is 0.385 e. The highest BCUT2D eigenvalue weighted by atomic mass is 16.3. The Bertz CT molecular complexity index is 533. The molecule has 0 aromatic rings. The SMILES string of the molecule is CCCCCCCCC(=O)[C@@H]1[C@H]2CC(C)(C)CC2=C[C@@]1(O)CCCCCCCC. The first-order chi connectivity index (χ1) is 13.8. The molecule has 2 heteroatoms. The Labute approximate surface area is 180 Å². The van der Waals surface area contributed by atoms with Crippen LogP contribution in [0.15, 0.2) is 11.6 Å². The molecule has 2 aliphatic rings. The summed E-state index contributed by atoms with van der Waals surface area (Å²) in [7, 11) is 0. The Hall–Kier alpha value is -0.630. The van der Waals surface area contributed by atoms with E-state index in [1.807, 2.05) is 0 Å². The van der Waals surface area contributed by atoms with Crippen molar-refractivity contribution in [1.29, 1.82) is 0 Å². The maximum absolute atomic E-state index is 13.3. The predicted molar refractivity (Wildman–Crippen MR) is 124 cm³/mol. The highest BCUT2D eigenvalue weighted by Crippen LogP contribution is 2.56. The topological polar surface area (TPSA) is 37.3 Å². The number of hydrogen-bond acceptors (Lipinski definition) is 2. The molecule has 29 heavy (non-hydrogen) atoms. The summed E-state index contributed by atoms with van der Waals surface area (Å²) in [5.74, 6) is 0.455. The van der Waals surface area contributed by atoms with E-state index >= 15 is 0 Å². The molecule has 0 spiro atoms. The molecule has 0 radical (unpaired) electrons. The smallest absolute Gasteiger partial charge is 0.139 e. The molecule has 3 atom stereocenters. The van der Waals surface area contributed by atoms with Crippen LogP contribution in [0.5, 0.6) is 0 Å². The van der Waals surface area contributed by atoms with Gasteiger partial charge in [0.05, 0.1) is 11.5 Å². The number of carbonyl (C=O) groups excluding carboxylic acids is 1. The summed E-state index contributed by atoms with van der Waals surface area (Å²) in [6, 6.07) is 0. The zero-order valence-electron chi connectivity index (χ0n) is 19.9. The first-order valence-corrected chi connectivity index (χ1v) is 12.8. The molecular formula is C27H48O2. The lowest BCUT2D eigenvalue weighted by atomic mass is 9.74. The Morgan fingerprint density at radius 2 is 1.48 bits per heavy atom. The van der Waals surface area contributed by atoms with Crippen LogP contribution in [0.3, 0.4) is 0 Å². The van der Waals surface area contributed by atoms with Crippen molar-refractivity contribution in [1.82, 2.24) is 0 Å². The van der Waals surface area contributed by atoms with Crippen LogP contribution < -0.4 is 0 Å². The molecular weight excluding hydrogens is 356 g/mol. The summed E-state index contributed by atoms with van der Waals surface area (Å²) in [6.45, 7) is 9.11. The van der Waals surface area contributed by atoms with Gasteiger partial charge in [-0.1, -0.05) is 110 Å². The zero-order chi connectivity index (χ0) is 21.3. The lowest BCUT2D eigenvalue weighted by Crippen LogP contribution is -2.41. The van der Waals surface area contributed by atoms with Gasteiger partial charge in [0.2, 0.25) is 0 Å². The summed E-state index contributed by atoms with van der Waals surface area (Å²) < 4.78 is 0. The average molecular weight is 405 g/mol. The number of Topliss-reactive ketones (excluding diaryl/α,β-unsaturated/α-hetero) is 1. The van der Waals surface area contributed by atoms with Crippen molar-refractivity contribution in [3.8, 4) is 0 Å². The zero-order valence-corrected chi connectivity index (χ0v) is 19.9. The molecule has 0 saturated heterocycles. The third kappa shape index (κ3) is 7.23. The Balaban J connectivity index is 1.92. The molecule has 2 nitrogen and oxygen atoms in total. The molecule has 0 bridgehead atoms. The molecule has 0 aromatic carbocycles. The normalized spacial score (nSPS) is 27.8. The lowest BCUT2D eigenvalue weighted by molar-refractivity contribution is -0.131. The van der Waals surface area contributed by atoms with Gasteiger partial charge in [-0.3, -0.25) is 4.79 Å². The van der Waals surface area contributed by atoms with Crippen molar-refractivity contribution in [2.75, 3.05) is 0 Å². The van der Waals surface area contributed by atoms with Crippen LogP contribution in [0.1, 0.15) is 130 Å². The second-order valence-electron chi connectivity index (χ2n) is 10.8. The molecule has 0 aromatic heterocycles. The van der Waals surface area contributed by atoms with E-state index < -0.39 is 5.60 Å². The molecule has 2 rings (SSSR count).